The van der Waals surface area contributed by atoms with Crippen LogP contribution < -0.4 is 10.1 Å². The number of benzene rings is 1. The Morgan fingerprint density at radius 1 is 1.44 bits per heavy atom. The second-order valence-electron chi connectivity index (χ2n) is 4.11. The van der Waals surface area contributed by atoms with Crippen LogP contribution in [-0.2, 0) is 11.3 Å². The number of carbonyl (C=O) groups excluding carboxylic acids is 1. The Bertz CT molecular complexity index is 403. The van der Waals surface area contributed by atoms with Gasteiger partial charge in [0, 0.05) is 19.6 Å². The van der Waals surface area contributed by atoms with Gasteiger partial charge in [0.2, 0.25) is 0 Å². The maximum Gasteiger partial charge on any atom is 0.317 e. The van der Waals surface area contributed by atoms with Crippen molar-refractivity contribution >= 4 is 6.03 Å². The number of hydrogen-bond donors (Lipinski definition) is 1. The second-order valence-corrected chi connectivity index (χ2v) is 4.11. The summed E-state index contributed by atoms with van der Waals surface area (Å²) in [6.45, 7) is 3.06. The lowest BCUT2D eigenvalue weighted by Gasteiger charge is -2.26. The monoisotopic (exact) mass is 250 g/mol. The standard InChI is InChI=1S/C13H18N2O3/c1-17-12-4-2-3-11(9-12)10-14-13(16)15-5-7-18-8-6-15/h2-4,9H,5-8,10H2,1H3,(H,14,16). The Morgan fingerprint density at radius 3 is 2.94 bits per heavy atom. The molecule has 0 bridgehead atoms. The molecule has 1 aromatic carbocycles. The van der Waals surface area contributed by atoms with Crippen LogP contribution in [0.4, 0.5) is 4.79 Å². The summed E-state index contributed by atoms with van der Waals surface area (Å²) >= 11 is 0. The molecular weight excluding hydrogens is 232 g/mol. The molecular formula is C13H18N2O3. The van der Waals surface area contributed by atoms with Gasteiger partial charge in [-0.2, -0.15) is 0 Å². The number of hydrogen-bond acceptors (Lipinski definition) is 3. The van der Waals surface area contributed by atoms with Crippen LogP contribution in [0.2, 0.25) is 0 Å². The quantitative estimate of drug-likeness (QED) is 0.878. The molecule has 1 aliphatic heterocycles. The summed E-state index contributed by atoms with van der Waals surface area (Å²) in [7, 11) is 1.63. The van der Waals surface area contributed by atoms with Gasteiger partial charge in [0.1, 0.15) is 5.75 Å². The zero-order valence-corrected chi connectivity index (χ0v) is 10.5. The first-order chi connectivity index (χ1) is 8.79. The van der Waals surface area contributed by atoms with E-state index in [9.17, 15) is 4.79 Å². The molecule has 98 valence electrons. The molecule has 5 heteroatoms. The van der Waals surface area contributed by atoms with E-state index in [0.29, 0.717) is 32.8 Å². The minimum atomic E-state index is -0.0406. The van der Waals surface area contributed by atoms with Crippen LogP contribution >= 0.6 is 0 Å². The first-order valence-electron chi connectivity index (χ1n) is 6.03. The largest absolute Gasteiger partial charge is 0.497 e. The molecule has 0 saturated carbocycles. The van der Waals surface area contributed by atoms with E-state index in [4.69, 9.17) is 9.47 Å². The number of nitrogens with zero attached hydrogens (tertiary/aromatic N) is 1. The van der Waals surface area contributed by atoms with Gasteiger partial charge >= 0.3 is 6.03 Å². The molecule has 0 aliphatic carbocycles. The predicted molar refractivity (Wildman–Crippen MR) is 67.6 cm³/mol. The van der Waals surface area contributed by atoms with Gasteiger partial charge in [-0.25, -0.2) is 4.79 Å². The summed E-state index contributed by atoms with van der Waals surface area (Å²) < 4.78 is 10.3. The van der Waals surface area contributed by atoms with Gasteiger partial charge in [-0.1, -0.05) is 12.1 Å². The zero-order chi connectivity index (χ0) is 12.8. The number of carbonyl (C=O) groups is 1. The van der Waals surface area contributed by atoms with Crippen LogP contribution in [0, 0.1) is 0 Å². The minimum absolute atomic E-state index is 0.0406. The van der Waals surface area contributed by atoms with Gasteiger partial charge in [-0.15, -0.1) is 0 Å². The maximum atomic E-state index is 11.9. The molecule has 1 aromatic rings. The summed E-state index contributed by atoms with van der Waals surface area (Å²) in [6, 6.07) is 7.63. The van der Waals surface area contributed by atoms with E-state index in [-0.39, 0.29) is 6.03 Å². The fraction of sp³-hybridized carbons (Fsp3) is 0.462. The van der Waals surface area contributed by atoms with E-state index in [2.05, 4.69) is 5.32 Å². The lowest BCUT2D eigenvalue weighted by atomic mass is 10.2. The van der Waals surface area contributed by atoms with Gasteiger partial charge < -0.3 is 19.7 Å². The van der Waals surface area contributed by atoms with Crippen molar-refractivity contribution in [3.05, 3.63) is 29.8 Å². The topological polar surface area (TPSA) is 50.8 Å². The number of urea groups is 1. The van der Waals surface area contributed by atoms with Crippen molar-refractivity contribution in [2.45, 2.75) is 6.54 Å². The van der Waals surface area contributed by atoms with E-state index in [1.165, 1.54) is 0 Å². The third kappa shape index (κ3) is 3.37. The Balaban J connectivity index is 1.84. The molecule has 0 unspecified atom stereocenters. The first kappa shape index (κ1) is 12.7. The van der Waals surface area contributed by atoms with E-state index in [1.807, 2.05) is 24.3 Å². The van der Waals surface area contributed by atoms with Crippen LogP contribution in [0.5, 0.6) is 5.75 Å². The lowest BCUT2D eigenvalue weighted by molar-refractivity contribution is 0.0531. The molecule has 1 heterocycles. The van der Waals surface area contributed by atoms with E-state index >= 15 is 0 Å². The number of amides is 2. The molecule has 18 heavy (non-hydrogen) atoms. The van der Waals surface area contributed by atoms with Crippen molar-refractivity contribution in [2.24, 2.45) is 0 Å². The third-order valence-electron chi connectivity index (χ3n) is 2.88. The smallest absolute Gasteiger partial charge is 0.317 e. The number of ether oxygens (including phenoxy) is 2. The SMILES string of the molecule is COc1cccc(CNC(=O)N2CCOCC2)c1. The van der Waals surface area contributed by atoms with E-state index in [0.717, 1.165) is 11.3 Å². The summed E-state index contributed by atoms with van der Waals surface area (Å²) in [5.41, 5.74) is 1.02. The normalized spacial score (nSPS) is 15.3. The number of rotatable bonds is 3. The molecule has 1 aliphatic rings. The lowest BCUT2D eigenvalue weighted by Crippen LogP contribution is -2.45. The van der Waals surface area contributed by atoms with Crippen LogP contribution in [0.1, 0.15) is 5.56 Å². The van der Waals surface area contributed by atoms with Crippen molar-refractivity contribution in [1.82, 2.24) is 10.2 Å². The Morgan fingerprint density at radius 2 is 2.22 bits per heavy atom. The summed E-state index contributed by atoms with van der Waals surface area (Å²) in [6.07, 6.45) is 0. The van der Waals surface area contributed by atoms with Crippen LogP contribution in [-0.4, -0.2) is 44.3 Å². The van der Waals surface area contributed by atoms with Gasteiger partial charge in [-0.05, 0) is 17.7 Å². The van der Waals surface area contributed by atoms with Crippen molar-refractivity contribution in [3.63, 3.8) is 0 Å². The molecule has 1 saturated heterocycles. The van der Waals surface area contributed by atoms with Crippen molar-refractivity contribution < 1.29 is 14.3 Å². The molecule has 0 spiro atoms. The molecule has 0 aromatic heterocycles. The number of methoxy groups -OCH3 is 1. The highest BCUT2D eigenvalue weighted by Gasteiger charge is 2.15. The average Bonchev–Trinajstić information content (AvgIpc) is 2.46. The van der Waals surface area contributed by atoms with Gasteiger partial charge in [0.15, 0.2) is 0 Å². The zero-order valence-electron chi connectivity index (χ0n) is 10.5. The van der Waals surface area contributed by atoms with Crippen LogP contribution in [0.3, 0.4) is 0 Å². The van der Waals surface area contributed by atoms with Gasteiger partial charge in [0.05, 0.1) is 20.3 Å². The van der Waals surface area contributed by atoms with E-state index < -0.39 is 0 Å². The summed E-state index contributed by atoms with van der Waals surface area (Å²) in [5.74, 6) is 0.799. The fourth-order valence-electron chi connectivity index (χ4n) is 1.84. The number of nitrogens with one attached hydrogen (secondary N) is 1. The Hall–Kier alpha value is -1.75. The molecule has 2 amide bonds. The minimum Gasteiger partial charge on any atom is -0.497 e. The molecule has 5 nitrogen and oxygen atoms in total. The molecule has 2 rings (SSSR count). The summed E-state index contributed by atoms with van der Waals surface area (Å²) in [4.78, 5) is 13.6. The second kappa shape index (κ2) is 6.26. The fourth-order valence-corrected chi connectivity index (χ4v) is 1.84. The van der Waals surface area contributed by atoms with Crippen LogP contribution in [0.15, 0.2) is 24.3 Å². The third-order valence-corrected chi connectivity index (χ3v) is 2.88. The highest BCUT2D eigenvalue weighted by Crippen LogP contribution is 2.12. The van der Waals surface area contributed by atoms with Crippen molar-refractivity contribution in [1.29, 1.82) is 0 Å². The Kier molecular flexibility index (Phi) is 4.41. The van der Waals surface area contributed by atoms with Gasteiger partial charge in [0.25, 0.3) is 0 Å². The van der Waals surface area contributed by atoms with E-state index in [1.54, 1.807) is 12.0 Å². The Labute approximate surface area is 107 Å². The highest BCUT2D eigenvalue weighted by molar-refractivity contribution is 5.74. The molecule has 1 fully saturated rings. The number of morpholine rings is 1. The average molecular weight is 250 g/mol. The molecule has 0 radical (unpaired) electrons. The summed E-state index contributed by atoms with van der Waals surface area (Å²) in [5, 5.41) is 2.90. The predicted octanol–water partition coefficient (Wildman–Crippen LogP) is 1.24. The highest BCUT2D eigenvalue weighted by atomic mass is 16.5. The maximum absolute atomic E-state index is 11.9. The van der Waals surface area contributed by atoms with Crippen LogP contribution in [0.25, 0.3) is 0 Å². The molecule has 1 N–H and O–H groups in total. The van der Waals surface area contributed by atoms with Crippen molar-refractivity contribution in [2.75, 3.05) is 33.4 Å². The van der Waals surface area contributed by atoms with Gasteiger partial charge in [-0.3, -0.25) is 0 Å². The molecule has 0 atom stereocenters. The first-order valence-corrected chi connectivity index (χ1v) is 6.03. The van der Waals surface area contributed by atoms with Crippen molar-refractivity contribution in [3.8, 4) is 5.75 Å².